The van der Waals surface area contributed by atoms with E-state index >= 15 is 0 Å². The Labute approximate surface area is 194 Å². The van der Waals surface area contributed by atoms with Crippen LogP contribution < -0.4 is 20.0 Å². The van der Waals surface area contributed by atoms with Crippen molar-refractivity contribution >= 4 is 40.0 Å². The summed E-state index contributed by atoms with van der Waals surface area (Å²) in [6.45, 7) is 7.65. The average Bonchev–Trinajstić information content (AvgIpc) is 2.83. The Morgan fingerprint density at radius 3 is 2.22 bits per heavy atom. The van der Waals surface area contributed by atoms with E-state index in [1.54, 1.807) is 12.1 Å². The van der Waals surface area contributed by atoms with Crippen LogP contribution in [0.25, 0.3) is 0 Å². The molecule has 0 bridgehead atoms. The van der Waals surface area contributed by atoms with Crippen molar-refractivity contribution in [1.82, 2.24) is 15.0 Å². The number of aromatic nitrogens is 3. The van der Waals surface area contributed by atoms with Gasteiger partial charge in [0, 0.05) is 36.2 Å². The standard InChI is InChI=1S/C20H26BrN7O4/c1-2-32-16-12-15(21)11-14(17(16)29)13-22-26-18-23-19(27-3-7-30-8-4-27)25-20(24-18)28-5-9-31-10-6-28/h11-13,29H,2-10H2,1H3,(H,23,24,25,26)/b22-13+. The van der Waals surface area contributed by atoms with Crippen LogP contribution in [-0.4, -0.2) is 85.5 Å². The van der Waals surface area contributed by atoms with Gasteiger partial charge in [0.05, 0.1) is 39.2 Å². The van der Waals surface area contributed by atoms with Crippen LogP contribution in [0.15, 0.2) is 21.7 Å². The van der Waals surface area contributed by atoms with Crippen LogP contribution in [0, 0.1) is 0 Å². The minimum Gasteiger partial charge on any atom is -0.504 e. The van der Waals surface area contributed by atoms with Crippen molar-refractivity contribution in [3.63, 3.8) is 0 Å². The fourth-order valence-corrected chi connectivity index (χ4v) is 3.79. The largest absolute Gasteiger partial charge is 0.504 e. The first-order valence-corrected chi connectivity index (χ1v) is 11.3. The topological polar surface area (TPSA) is 117 Å². The number of phenolic OH excluding ortho intramolecular Hbond substituents is 1. The normalized spacial score (nSPS) is 17.1. The van der Waals surface area contributed by atoms with Gasteiger partial charge in [-0.15, -0.1) is 0 Å². The van der Waals surface area contributed by atoms with Crippen LogP contribution in [0.1, 0.15) is 12.5 Å². The Hall–Kier alpha value is -2.70. The van der Waals surface area contributed by atoms with Gasteiger partial charge in [0.15, 0.2) is 11.5 Å². The minimum atomic E-state index is 0.0132. The maximum atomic E-state index is 10.4. The van der Waals surface area contributed by atoms with Gasteiger partial charge in [0.1, 0.15) is 0 Å². The van der Waals surface area contributed by atoms with E-state index in [4.69, 9.17) is 14.2 Å². The fraction of sp³-hybridized carbons (Fsp3) is 0.500. The van der Waals surface area contributed by atoms with Crippen molar-refractivity contribution < 1.29 is 19.3 Å². The van der Waals surface area contributed by atoms with E-state index in [0.717, 1.165) is 4.47 Å². The summed E-state index contributed by atoms with van der Waals surface area (Å²) < 4.78 is 17.1. The zero-order valence-electron chi connectivity index (χ0n) is 17.8. The van der Waals surface area contributed by atoms with Crippen molar-refractivity contribution in [1.29, 1.82) is 0 Å². The Balaban J connectivity index is 1.57. The van der Waals surface area contributed by atoms with Gasteiger partial charge in [-0.3, -0.25) is 0 Å². The van der Waals surface area contributed by atoms with Gasteiger partial charge in [-0.1, -0.05) is 15.9 Å². The molecule has 2 aliphatic rings. The number of morpholine rings is 2. The van der Waals surface area contributed by atoms with E-state index in [2.05, 4.69) is 51.2 Å². The quantitative estimate of drug-likeness (QED) is 0.424. The number of hydrogen-bond acceptors (Lipinski definition) is 11. The molecule has 2 aliphatic heterocycles. The molecule has 1 aromatic carbocycles. The summed E-state index contributed by atoms with van der Waals surface area (Å²) in [5.41, 5.74) is 3.37. The van der Waals surface area contributed by atoms with Crippen LogP contribution in [0.4, 0.5) is 17.8 Å². The van der Waals surface area contributed by atoms with Crippen LogP contribution in [-0.2, 0) is 9.47 Å². The SMILES string of the molecule is CCOc1cc(Br)cc(/C=N/Nc2nc(N3CCOCC3)nc(N3CCOCC3)n2)c1O. The summed E-state index contributed by atoms with van der Waals surface area (Å²) in [6, 6.07) is 3.45. The molecule has 11 nitrogen and oxygen atoms in total. The second-order valence-electron chi connectivity index (χ2n) is 7.10. The molecule has 2 fully saturated rings. The number of hydrazone groups is 1. The second kappa shape index (κ2) is 10.7. The lowest BCUT2D eigenvalue weighted by atomic mass is 10.2. The van der Waals surface area contributed by atoms with Gasteiger partial charge in [-0.25, -0.2) is 5.43 Å². The van der Waals surface area contributed by atoms with Crippen LogP contribution in [0.3, 0.4) is 0 Å². The van der Waals surface area contributed by atoms with Crippen molar-refractivity contribution in [3.05, 3.63) is 22.2 Å². The van der Waals surface area contributed by atoms with Crippen molar-refractivity contribution in [2.45, 2.75) is 6.92 Å². The summed E-state index contributed by atoms with van der Waals surface area (Å²) >= 11 is 3.42. The van der Waals surface area contributed by atoms with E-state index in [9.17, 15) is 5.11 Å². The van der Waals surface area contributed by atoms with Crippen LogP contribution in [0.5, 0.6) is 11.5 Å². The van der Waals surface area contributed by atoms with Crippen molar-refractivity contribution in [2.24, 2.45) is 5.10 Å². The third-order valence-corrected chi connectivity index (χ3v) is 5.39. The third kappa shape index (κ3) is 5.56. The Morgan fingerprint density at radius 1 is 1.06 bits per heavy atom. The molecule has 12 heteroatoms. The molecule has 0 unspecified atom stereocenters. The number of benzene rings is 1. The van der Waals surface area contributed by atoms with Gasteiger partial charge in [0.2, 0.25) is 17.8 Å². The molecule has 2 saturated heterocycles. The highest BCUT2D eigenvalue weighted by atomic mass is 79.9. The number of nitrogens with zero attached hydrogens (tertiary/aromatic N) is 6. The molecule has 0 amide bonds. The maximum Gasteiger partial charge on any atom is 0.250 e. The maximum absolute atomic E-state index is 10.4. The van der Waals surface area contributed by atoms with E-state index in [1.165, 1.54) is 6.21 Å². The van der Waals surface area contributed by atoms with Crippen LogP contribution in [0.2, 0.25) is 0 Å². The minimum absolute atomic E-state index is 0.0132. The smallest absolute Gasteiger partial charge is 0.250 e. The molecule has 0 aliphatic carbocycles. The zero-order valence-corrected chi connectivity index (χ0v) is 19.4. The number of hydrogen-bond donors (Lipinski definition) is 2. The molecule has 2 aromatic rings. The number of rotatable bonds is 7. The number of ether oxygens (including phenoxy) is 3. The van der Waals surface area contributed by atoms with Gasteiger partial charge >= 0.3 is 0 Å². The third-order valence-electron chi connectivity index (χ3n) is 4.94. The molecule has 0 saturated carbocycles. The molecule has 172 valence electrons. The van der Waals surface area contributed by atoms with Crippen molar-refractivity contribution in [2.75, 3.05) is 74.4 Å². The number of halogens is 1. The molecule has 1 aromatic heterocycles. The van der Waals surface area contributed by atoms with E-state index in [1.807, 2.05) is 6.92 Å². The monoisotopic (exact) mass is 507 g/mol. The predicted octanol–water partition coefficient (Wildman–Crippen LogP) is 1.86. The molecular weight excluding hydrogens is 482 g/mol. The predicted molar refractivity (Wildman–Crippen MR) is 124 cm³/mol. The van der Waals surface area contributed by atoms with Crippen molar-refractivity contribution in [3.8, 4) is 11.5 Å². The molecule has 2 N–H and O–H groups in total. The second-order valence-corrected chi connectivity index (χ2v) is 8.02. The average molecular weight is 508 g/mol. The lowest BCUT2D eigenvalue weighted by molar-refractivity contribution is 0.121. The Kier molecular flexibility index (Phi) is 7.55. The summed E-state index contributed by atoms with van der Waals surface area (Å²) in [5, 5.41) is 14.7. The lowest BCUT2D eigenvalue weighted by Crippen LogP contribution is -2.40. The first-order valence-electron chi connectivity index (χ1n) is 10.5. The Morgan fingerprint density at radius 2 is 1.66 bits per heavy atom. The van der Waals surface area contributed by atoms with Gasteiger partial charge in [-0.2, -0.15) is 20.1 Å². The highest BCUT2D eigenvalue weighted by molar-refractivity contribution is 9.10. The Bertz CT molecular complexity index is 914. The van der Waals surface area contributed by atoms with Crippen LogP contribution >= 0.6 is 15.9 Å². The zero-order chi connectivity index (χ0) is 22.3. The van der Waals surface area contributed by atoms with E-state index in [0.29, 0.717) is 88.4 Å². The number of nitrogens with one attached hydrogen (secondary N) is 1. The fourth-order valence-electron chi connectivity index (χ4n) is 3.33. The van der Waals surface area contributed by atoms with Gasteiger partial charge < -0.3 is 29.1 Å². The molecule has 0 atom stereocenters. The molecule has 32 heavy (non-hydrogen) atoms. The number of aromatic hydroxyl groups is 1. The van der Waals surface area contributed by atoms with E-state index < -0.39 is 0 Å². The summed E-state index contributed by atoms with van der Waals surface area (Å²) in [4.78, 5) is 17.9. The highest BCUT2D eigenvalue weighted by Gasteiger charge is 2.20. The first kappa shape index (κ1) is 22.5. The van der Waals surface area contributed by atoms with Gasteiger partial charge in [-0.05, 0) is 19.1 Å². The molecular formula is C20H26BrN7O4. The van der Waals surface area contributed by atoms with Gasteiger partial charge in [0.25, 0.3) is 0 Å². The molecule has 0 radical (unpaired) electrons. The summed E-state index contributed by atoms with van der Waals surface area (Å²) in [6.07, 6.45) is 1.50. The highest BCUT2D eigenvalue weighted by Crippen LogP contribution is 2.33. The molecule has 0 spiro atoms. The first-order chi connectivity index (χ1) is 15.6. The number of anilines is 3. The summed E-state index contributed by atoms with van der Waals surface area (Å²) in [7, 11) is 0. The van der Waals surface area contributed by atoms with E-state index in [-0.39, 0.29) is 5.75 Å². The lowest BCUT2D eigenvalue weighted by Gasteiger charge is -2.30. The number of phenols is 1. The molecule has 4 rings (SSSR count). The summed E-state index contributed by atoms with van der Waals surface area (Å²) in [5.74, 6) is 1.86. The molecule has 3 heterocycles.